The summed E-state index contributed by atoms with van der Waals surface area (Å²) in [5, 5.41) is 8.78. The fourth-order valence-corrected chi connectivity index (χ4v) is 4.33. The van der Waals surface area contributed by atoms with E-state index < -0.39 is 6.04 Å². The first-order valence-electron chi connectivity index (χ1n) is 9.40. The van der Waals surface area contributed by atoms with Crippen molar-refractivity contribution in [3.05, 3.63) is 24.0 Å². The largest absolute Gasteiger partial charge is 0.374 e. The number of rotatable bonds is 3. The molecule has 140 valence electrons. The number of benzene rings is 1. The monoisotopic (exact) mass is 360 g/mol. The van der Waals surface area contributed by atoms with Gasteiger partial charge in [0.1, 0.15) is 11.9 Å². The SMILES string of the molecule is O=C1CCC(Nc2ccc(N3CCC4(CCNC4)CC3)c(F)c2)C(=O)N1. The van der Waals surface area contributed by atoms with Crippen LogP contribution in [0, 0.1) is 11.2 Å². The third-order valence-electron chi connectivity index (χ3n) is 6.02. The molecule has 1 spiro atoms. The fourth-order valence-electron chi connectivity index (χ4n) is 4.33. The zero-order chi connectivity index (χ0) is 18.1. The van der Waals surface area contributed by atoms with E-state index in [2.05, 4.69) is 20.9 Å². The Hall–Kier alpha value is -2.15. The molecule has 1 atom stereocenters. The van der Waals surface area contributed by atoms with E-state index in [1.807, 2.05) is 6.07 Å². The highest BCUT2D eigenvalue weighted by atomic mass is 19.1. The molecule has 4 rings (SSSR count). The molecule has 3 heterocycles. The van der Waals surface area contributed by atoms with Crippen molar-refractivity contribution < 1.29 is 14.0 Å². The fraction of sp³-hybridized carbons (Fsp3) is 0.579. The van der Waals surface area contributed by atoms with Crippen molar-refractivity contribution in [3.63, 3.8) is 0 Å². The van der Waals surface area contributed by atoms with E-state index in [-0.39, 0.29) is 17.6 Å². The molecule has 0 radical (unpaired) electrons. The van der Waals surface area contributed by atoms with Gasteiger partial charge in [-0.3, -0.25) is 14.9 Å². The predicted molar refractivity (Wildman–Crippen MR) is 97.6 cm³/mol. The first kappa shape index (κ1) is 17.3. The highest BCUT2D eigenvalue weighted by molar-refractivity contribution is 6.01. The Bertz CT molecular complexity index is 707. The number of halogens is 1. The van der Waals surface area contributed by atoms with Crippen LogP contribution in [0.25, 0.3) is 0 Å². The smallest absolute Gasteiger partial charge is 0.249 e. The molecule has 7 heteroatoms. The van der Waals surface area contributed by atoms with Gasteiger partial charge in [-0.15, -0.1) is 0 Å². The number of piperidine rings is 2. The summed E-state index contributed by atoms with van der Waals surface area (Å²) in [6.45, 7) is 3.92. The van der Waals surface area contributed by atoms with Gasteiger partial charge in [0, 0.05) is 31.7 Å². The van der Waals surface area contributed by atoms with Crippen molar-refractivity contribution >= 4 is 23.2 Å². The highest BCUT2D eigenvalue weighted by Gasteiger charge is 2.37. The molecular weight excluding hydrogens is 335 g/mol. The number of amides is 2. The second-order valence-corrected chi connectivity index (χ2v) is 7.73. The van der Waals surface area contributed by atoms with Gasteiger partial charge in [-0.25, -0.2) is 4.39 Å². The Morgan fingerprint density at radius 3 is 2.65 bits per heavy atom. The second-order valence-electron chi connectivity index (χ2n) is 7.73. The van der Waals surface area contributed by atoms with Gasteiger partial charge in [0.15, 0.2) is 0 Å². The minimum Gasteiger partial charge on any atom is -0.374 e. The first-order chi connectivity index (χ1) is 12.5. The van der Waals surface area contributed by atoms with Gasteiger partial charge in [-0.05, 0) is 55.8 Å². The van der Waals surface area contributed by atoms with E-state index in [0.717, 1.165) is 39.0 Å². The molecule has 3 fully saturated rings. The lowest BCUT2D eigenvalue weighted by Gasteiger charge is -2.40. The van der Waals surface area contributed by atoms with Crippen molar-refractivity contribution in [3.8, 4) is 0 Å². The molecule has 0 saturated carbocycles. The Kier molecular flexibility index (Phi) is 4.56. The average molecular weight is 360 g/mol. The van der Waals surface area contributed by atoms with E-state index in [1.165, 1.54) is 12.5 Å². The van der Waals surface area contributed by atoms with Crippen LogP contribution in [0.1, 0.15) is 32.1 Å². The number of imide groups is 1. The lowest BCUT2D eigenvalue weighted by Crippen LogP contribution is -2.47. The predicted octanol–water partition coefficient (Wildman–Crippen LogP) is 1.62. The van der Waals surface area contributed by atoms with Crippen LogP contribution >= 0.6 is 0 Å². The van der Waals surface area contributed by atoms with E-state index in [1.54, 1.807) is 6.07 Å². The van der Waals surface area contributed by atoms with E-state index in [4.69, 9.17) is 0 Å². The first-order valence-corrected chi connectivity index (χ1v) is 9.40. The third kappa shape index (κ3) is 3.40. The van der Waals surface area contributed by atoms with Crippen LogP contribution in [0.15, 0.2) is 18.2 Å². The highest BCUT2D eigenvalue weighted by Crippen LogP contribution is 2.38. The van der Waals surface area contributed by atoms with Gasteiger partial charge in [0.25, 0.3) is 0 Å². The lowest BCUT2D eigenvalue weighted by molar-refractivity contribution is -0.133. The zero-order valence-electron chi connectivity index (χ0n) is 14.8. The summed E-state index contributed by atoms with van der Waals surface area (Å²) in [5.74, 6) is -0.880. The van der Waals surface area contributed by atoms with Crippen molar-refractivity contribution in [1.29, 1.82) is 0 Å². The number of anilines is 2. The third-order valence-corrected chi connectivity index (χ3v) is 6.02. The van der Waals surface area contributed by atoms with Crippen molar-refractivity contribution in [2.45, 2.75) is 38.1 Å². The summed E-state index contributed by atoms with van der Waals surface area (Å²) in [7, 11) is 0. The van der Waals surface area contributed by atoms with Crippen LogP contribution in [0.5, 0.6) is 0 Å². The Morgan fingerprint density at radius 2 is 2.00 bits per heavy atom. The number of hydrogen-bond donors (Lipinski definition) is 3. The van der Waals surface area contributed by atoms with Gasteiger partial charge < -0.3 is 15.5 Å². The zero-order valence-corrected chi connectivity index (χ0v) is 14.8. The van der Waals surface area contributed by atoms with Crippen LogP contribution in [0.4, 0.5) is 15.8 Å². The summed E-state index contributed by atoms with van der Waals surface area (Å²) in [6, 6.07) is 4.54. The molecule has 1 unspecified atom stereocenters. The maximum atomic E-state index is 14.7. The van der Waals surface area contributed by atoms with Gasteiger partial charge in [-0.2, -0.15) is 0 Å². The molecule has 1 aromatic rings. The number of hydrogen-bond acceptors (Lipinski definition) is 5. The molecule has 3 N–H and O–H groups in total. The summed E-state index contributed by atoms with van der Waals surface area (Å²) < 4.78 is 14.7. The Morgan fingerprint density at radius 1 is 1.19 bits per heavy atom. The standard InChI is InChI=1S/C19H25FN4O2/c20-14-11-13(22-15-2-4-17(25)23-18(15)26)1-3-16(14)24-9-6-19(7-10-24)5-8-21-12-19/h1,3,11,15,21-22H,2,4-10,12H2,(H,23,25,26). The van der Waals surface area contributed by atoms with Crippen LogP contribution in [-0.2, 0) is 9.59 Å². The summed E-state index contributed by atoms with van der Waals surface area (Å²) in [5.41, 5.74) is 1.59. The van der Waals surface area contributed by atoms with E-state index in [9.17, 15) is 14.0 Å². The maximum Gasteiger partial charge on any atom is 0.249 e. The second kappa shape index (κ2) is 6.87. The van der Waals surface area contributed by atoms with Crippen LogP contribution in [-0.4, -0.2) is 44.0 Å². The number of carbonyl (C=O) groups is 2. The molecule has 0 aromatic heterocycles. The topological polar surface area (TPSA) is 73.5 Å². The molecule has 26 heavy (non-hydrogen) atoms. The molecule has 0 bridgehead atoms. The normalized spacial score (nSPS) is 25.4. The van der Waals surface area contributed by atoms with Gasteiger partial charge in [0.05, 0.1) is 5.69 Å². The van der Waals surface area contributed by atoms with Crippen molar-refractivity contribution in [1.82, 2.24) is 10.6 Å². The molecule has 3 aliphatic rings. The van der Waals surface area contributed by atoms with E-state index >= 15 is 0 Å². The van der Waals surface area contributed by atoms with Crippen LogP contribution in [0.3, 0.4) is 0 Å². The number of carbonyl (C=O) groups excluding carboxylic acids is 2. The molecule has 2 amide bonds. The number of nitrogens with zero attached hydrogens (tertiary/aromatic N) is 1. The molecule has 0 aliphatic carbocycles. The summed E-state index contributed by atoms with van der Waals surface area (Å²) in [4.78, 5) is 25.2. The Labute approximate surface area is 152 Å². The van der Waals surface area contributed by atoms with Crippen molar-refractivity contribution in [2.24, 2.45) is 5.41 Å². The minimum absolute atomic E-state index is 0.255. The molecule has 6 nitrogen and oxygen atoms in total. The van der Waals surface area contributed by atoms with Gasteiger partial charge in [-0.1, -0.05) is 0 Å². The summed E-state index contributed by atoms with van der Waals surface area (Å²) >= 11 is 0. The quantitative estimate of drug-likeness (QED) is 0.715. The number of nitrogens with one attached hydrogen (secondary N) is 3. The van der Waals surface area contributed by atoms with E-state index in [0.29, 0.717) is 29.6 Å². The van der Waals surface area contributed by atoms with Crippen molar-refractivity contribution in [2.75, 3.05) is 36.4 Å². The van der Waals surface area contributed by atoms with Gasteiger partial charge >= 0.3 is 0 Å². The molecule has 1 aromatic carbocycles. The lowest BCUT2D eigenvalue weighted by atomic mass is 9.78. The molecule has 3 saturated heterocycles. The maximum absolute atomic E-state index is 14.7. The Balaban J connectivity index is 1.40. The van der Waals surface area contributed by atoms with Crippen LogP contribution < -0.4 is 20.9 Å². The molecule has 3 aliphatic heterocycles. The summed E-state index contributed by atoms with van der Waals surface area (Å²) in [6.07, 6.45) is 4.13. The molecular formula is C19H25FN4O2. The minimum atomic E-state index is -0.498. The van der Waals surface area contributed by atoms with Crippen LogP contribution in [0.2, 0.25) is 0 Å². The van der Waals surface area contributed by atoms with Gasteiger partial charge in [0.2, 0.25) is 11.8 Å². The average Bonchev–Trinajstić information content (AvgIpc) is 3.07.